The van der Waals surface area contributed by atoms with Gasteiger partial charge < -0.3 is 23.3 Å². The van der Waals surface area contributed by atoms with Crippen LogP contribution in [0.2, 0.25) is 5.02 Å². The molecule has 0 unspecified atom stereocenters. The number of carbonyl (C=O) groups is 2. The Kier molecular flexibility index (Phi) is 9.20. The van der Waals surface area contributed by atoms with E-state index in [0.29, 0.717) is 34.3 Å². The van der Waals surface area contributed by atoms with E-state index in [1.807, 2.05) is 30.6 Å². The lowest BCUT2D eigenvalue weighted by atomic mass is 9.98. The van der Waals surface area contributed by atoms with Crippen molar-refractivity contribution < 1.29 is 19.1 Å². The zero-order valence-electron chi connectivity index (χ0n) is 24.5. The minimum absolute atomic E-state index is 0.161. The normalized spacial score (nSPS) is 14.5. The van der Waals surface area contributed by atoms with Crippen LogP contribution in [0.5, 0.6) is 0 Å². The number of H-pyrrole nitrogens is 1. The summed E-state index contributed by atoms with van der Waals surface area (Å²) in [6.07, 6.45) is 3.05. The Morgan fingerprint density at radius 1 is 1.18 bits per heavy atom. The average Bonchev–Trinajstić information content (AvgIpc) is 3.71. The Bertz CT molecular complexity index is 1760. The van der Waals surface area contributed by atoms with Crippen LogP contribution in [0.3, 0.4) is 0 Å². The fourth-order valence-electron chi connectivity index (χ4n) is 4.87. The van der Waals surface area contributed by atoms with Crippen molar-refractivity contribution in [1.82, 2.24) is 19.1 Å². The average molecular weight is 658 g/mol. The number of carbonyl (C=O) groups excluding carboxylic acids is 2. The molecule has 1 aliphatic rings. The van der Waals surface area contributed by atoms with Crippen LogP contribution in [0.25, 0.3) is 22.4 Å². The summed E-state index contributed by atoms with van der Waals surface area (Å²) in [4.78, 5) is 46.1. The minimum atomic E-state index is -0.692. The Hall–Kier alpha value is -3.66. The number of imidazole rings is 1. The predicted molar refractivity (Wildman–Crippen MR) is 172 cm³/mol. The van der Waals surface area contributed by atoms with Gasteiger partial charge >= 0.3 is 11.9 Å². The molecule has 1 aliphatic heterocycles. The van der Waals surface area contributed by atoms with E-state index in [4.69, 9.17) is 32.8 Å². The third-order valence-electron chi connectivity index (χ3n) is 6.97. The summed E-state index contributed by atoms with van der Waals surface area (Å²) in [5.74, 6) is 10.8. The van der Waals surface area contributed by atoms with Gasteiger partial charge in [-0.3, -0.25) is 9.59 Å². The molecule has 0 amide bonds. The van der Waals surface area contributed by atoms with E-state index >= 15 is 0 Å². The quantitative estimate of drug-likeness (QED) is 0.0737. The highest BCUT2D eigenvalue weighted by Crippen LogP contribution is 2.38. The fraction of sp³-hybridized carbons (Fsp3) is 0.310. The molecule has 3 aromatic heterocycles. The van der Waals surface area contributed by atoms with Crippen LogP contribution in [0, 0.1) is 5.41 Å². The number of rotatable bonds is 9. The number of ether oxygens (including phenoxy) is 2. The Morgan fingerprint density at radius 3 is 2.68 bits per heavy atom. The molecule has 4 aromatic rings. The molecule has 12 nitrogen and oxygen atoms in total. The first-order chi connectivity index (χ1) is 20.8. The van der Waals surface area contributed by atoms with E-state index in [2.05, 4.69) is 9.97 Å². The number of esters is 2. The van der Waals surface area contributed by atoms with Crippen LogP contribution >= 0.6 is 35.1 Å². The highest BCUT2D eigenvalue weighted by atomic mass is 35.5. The van der Waals surface area contributed by atoms with Crippen molar-refractivity contribution in [3.8, 4) is 22.4 Å². The molecule has 15 heteroatoms. The second-order valence-corrected chi connectivity index (χ2v) is 13.7. The lowest BCUT2D eigenvalue weighted by Gasteiger charge is -2.23. The first-order valence-electron chi connectivity index (χ1n) is 13.6. The molecule has 0 spiro atoms. The zero-order valence-corrected chi connectivity index (χ0v) is 26.9. The maximum Gasteiger partial charge on any atom is 0.351 e. The third kappa shape index (κ3) is 6.85. The minimum Gasteiger partial charge on any atom is -0.427 e. The van der Waals surface area contributed by atoms with Gasteiger partial charge in [0.1, 0.15) is 10.7 Å². The molecule has 0 radical (unpaired) electrons. The van der Waals surface area contributed by atoms with Gasteiger partial charge in [0.2, 0.25) is 6.79 Å². The number of benzene rings is 1. The number of anilines is 1. The number of hydrogen-bond donors (Lipinski definition) is 3. The van der Waals surface area contributed by atoms with Crippen molar-refractivity contribution in [2.75, 3.05) is 18.1 Å². The topological polar surface area (TPSA) is 162 Å². The number of nitrogens with zero attached hydrogens (tertiary/aromatic N) is 4. The van der Waals surface area contributed by atoms with Gasteiger partial charge in [-0.2, -0.15) is 0 Å². The first-order valence-corrected chi connectivity index (χ1v) is 15.6. The summed E-state index contributed by atoms with van der Waals surface area (Å²) in [6, 6.07) is 10.4. The molecule has 0 aliphatic carbocycles. The van der Waals surface area contributed by atoms with Crippen LogP contribution in [0.4, 0.5) is 5.69 Å². The second-order valence-electron chi connectivity index (χ2n) is 11.2. The molecule has 0 bridgehead atoms. The number of aromatic amines is 1. The molecule has 232 valence electrons. The van der Waals surface area contributed by atoms with Gasteiger partial charge in [-0.25, -0.2) is 21.5 Å². The molecular weight excluding hydrogens is 626 g/mol. The summed E-state index contributed by atoms with van der Waals surface area (Å²) in [5.41, 5.74) is 3.77. The maximum atomic E-state index is 13.5. The van der Waals surface area contributed by atoms with Crippen LogP contribution in [0.15, 0.2) is 52.8 Å². The summed E-state index contributed by atoms with van der Waals surface area (Å²) in [7, 11) is 1.82. The van der Waals surface area contributed by atoms with Gasteiger partial charge in [-0.05, 0) is 69.5 Å². The molecule has 1 aromatic carbocycles. The molecule has 0 fully saturated rings. The Labute approximate surface area is 267 Å². The van der Waals surface area contributed by atoms with Crippen LogP contribution in [0.1, 0.15) is 54.4 Å². The Balaban J connectivity index is 1.33. The van der Waals surface area contributed by atoms with Crippen molar-refractivity contribution >= 4 is 52.7 Å². The molecule has 1 atom stereocenters. The summed E-state index contributed by atoms with van der Waals surface area (Å²) < 4.78 is 14.7. The smallest absolute Gasteiger partial charge is 0.351 e. The van der Waals surface area contributed by atoms with Crippen molar-refractivity contribution in [3.63, 3.8) is 0 Å². The highest BCUT2D eigenvalue weighted by Gasteiger charge is 2.29. The van der Waals surface area contributed by atoms with Gasteiger partial charge in [-0.15, -0.1) is 15.9 Å². The molecule has 4 heterocycles. The largest absolute Gasteiger partial charge is 0.427 e. The van der Waals surface area contributed by atoms with Crippen LogP contribution < -0.4 is 21.5 Å². The number of thiophene rings is 1. The van der Waals surface area contributed by atoms with Crippen molar-refractivity contribution in [1.29, 1.82) is 0 Å². The standard InChI is InChI=1S/C29H32ClN7O5S2/c1-29(2,3)28(40)42-15-41-27(39)24-10-17(14-43-24)21-13-33-26(34-21)23-8-6-19-9-16(11-25(38)36(19)23)20-12-18(30)5-7-22(20)35(4)44-37(31)32/h5,7,9-14,23H,6,8,15,31-32H2,1-4H3,(H,33,34)/t23-/m0/s1. The SMILES string of the molecule is CN(SN(N)N)c1ccc(Cl)cc1-c1cc2n(c(=O)c1)[C@H](c1ncc(-c3csc(C(=O)OCOC(=O)C(C)(C)C)c3)[nH]1)CC2. The number of fused-ring (bicyclic) bond motifs is 1. The van der Waals surface area contributed by atoms with Gasteiger partial charge in [-0.1, -0.05) is 11.6 Å². The summed E-state index contributed by atoms with van der Waals surface area (Å²) in [5, 5.41) is 2.35. The number of halogens is 1. The van der Waals surface area contributed by atoms with E-state index in [1.54, 1.807) is 54.0 Å². The van der Waals surface area contributed by atoms with Crippen LogP contribution in [-0.4, -0.2) is 44.8 Å². The van der Waals surface area contributed by atoms with Crippen molar-refractivity contribution in [2.24, 2.45) is 17.1 Å². The van der Waals surface area contributed by atoms with Gasteiger partial charge in [0.05, 0.1) is 41.2 Å². The molecule has 0 saturated heterocycles. The second kappa shape index (κ2) is 12.8. The summed E-state index contributed by atoms with van der Waals surface area (Å²) in [6.45, 7) is 4.69. The van der Waals surface area contributed by atoms with Crippen molar-refractivity contribution in [2.45, 2.75) is 39.7 Å². The predicted octanol–water partition coefficient (Wildman–Crippen LogP) is 4.91. The summed E-state index contributed by atoms with van der Waals surface area (Å²) >= 11 is 8.64. The van der Waals surface area contributed by atoms with E-state index < -0.39 is 24.1 Å². The third-order valence-corrected chi connectivity index (χ3v) is 8.75. The van der Waals surface area contributed by atoms with Gasteiger partial charge in [0.25, 0.3) is 5.56 Å². The number of aryl methyl sites for hydroxylation is 1. The molecule has 0 saturated carbocycles. The molecule has 5 rings (SSSR count). The number of aromatic nitrogens is 3. The zero-order chi connectivity index (χ0) is 31.8. The molecule has 5 N–H and O–H groups in total. The molecular formula is C29H32ClN7O5S2. The van der Waals surface area contributed by atoms with Gasteiger partial charge in [0, 0.05) is 40.3 Å². The van der Waals surface area contributed by atoms with E-state index in [9.17, 15) is 14.4 Å². The van der Waals surface area contributed by atoms with Crippen LogP contribution in [-0.2, 0) is 20.7 Å². The van der Waals surface area contributed by atoms with E-state index in [0.717, 1.165) is 44.7 Å². The number of hydrazine groups is 2. The van der Waals surface area contributed by atoms with Gasteiger partial charge in [0.15, 0.2) is 0 Å². The maximum absolute atomic E-state index is 13.5. The fourth-order valence-corrected chi connectivity index (χ4v) is 6.37. The van der Waals surface area contributed by atoms with E-state index in [-0.39, 0.29) is 11.6 Å². The number of nitrogens with one attached hydrogen (secondary N) is 1. The number of pyridine rings is 1. The monoisotopic (exact) mass is 657 g/mol. The lowest BCUT2D eigenvalue weighted by Crippen LogP contribution is -2.34. The van der Waals surface area contributed by atoms with Crippen molar-refractivity contribution in [3.05, 3.63) is 79.7 Å². The Morgan fingerprint density at radius 2 is 1.95 bits per heavy atom. The first kappa shape index (κ1) is 31.8. The number of nitrogens with two attached hydrogens (primary N) is 2. The number of hydrogen-bond acceptors (Lipinski definition) is 12. The molecule has 44 heavy (non-hydrogen) atoms. The lowest BCUT2D eigenvalue weighted by molar-refractivity contribution is -0.161. The van der Waals surface area contributed by atoms with E-state index in [1.165, 1.54) is 11.3 Å². The highest BCUT2D eigenvalue weighted by molar-refractivity contribution is 7.98.